The van der Waals surface area contributed by atoms with E-state index in [2.05, 4.69) is 10.3 Å². The molecular weight excluding hydrogens is 322 g/mol. The fourth-order valence-corrected chi connectivity index (χ4v) is 3.67. The number of pyridine rings is 1. The Kier molecular flexibility index (Phi) is 5.15. The monoisotopic (exact) mass is 341 g/mol. The van der Waals surface area contributed by atoms with Crippen molar-refractivity contribution < 1.29 is 9.59 Å². The maximum Gasteiger partial charge on any atom is 0.255 e. The molecule has 1 saturated heterocycles. The van der Waals surface area contributed by atoms with Crippen molar-refractivity contribution in [1.82, 2.24) is 15.2 Å². The molecule has 3 rings (SSSR count). The first-order valence-corrected chi connectivity index (χ1v) is 8.93. The molecule has 0 saturated carbocycles. The highest BCUT2D eigenvalue weighted by Gasteiger charge is 2.34. The lowest BCUT2D eigenvalue weighted by molar-refractivity contribution is -0.124. The fourth-order valence-electron chi connectivity index (χ4n) is 2.52. The Hall–Kier alpha value is -2.34. The van der Waals surface area contributed by atoms with Crippen LogP contribution in [0.25, 0.3) is 0 Å². The Bertz CT molecular complexity index is 719. The number of carbonyl (C=O) groups excluding carboxylic acids is 2. The highest BCUT2D eigenvalue weighted by Crippen LogP contribution is 2.23. The average molecular weight is 341 g/mol. The Morgan fingerprint density at radius 3 is 2.75 bits per heavy atom. The van der Waals surface area contributed by atoms with Gasteiger partial charge in [-0.3, -0.25) is 14.6 Å². The van der Waals surface area contributed by atoms with Crippen LogP contribution in [0.3, 0.4) is 0 Å². The van der Waals surface area contributed by atoms with Gasteiger partial charge in [0.25, 0.3) is 5.91 Å². The SMILES string of the molecule is Cc1ccc(C(=O)N2CSCC2C(=O)NCc2ccccn2)cc1. The first-order valence-electron chi connectivity index (χ1n) is 7.78. The number of aromatic nitrogens is 1. The zero-order valence-corrected chi connectivity index (χ0v) is 14.3. The molecule has 1 fully saturated rings. The van der Waals surface area contributed by atoms with Crippen molar-refractivity contribution in [2.45, 2.75) is 19.5 Å². The molecule has 6 heteroatoms. The van der Waals surface area contributed by atoms with Gasteiger partial charge in [0.1, 0.15) is 6.04 Å². The molecule has 0 bridgehead atoms. The van der Waals surface area contributed by atoms with Crippen molar-refractivity contribution in [2.24, 2.45) is 0 Å². The fraction of sp³-hybridized carbons (Fsp3) is 0.278. The van der Waals surface area contributed by atoms with E-state index in [1.54, 1.807) is 22.9 Å². The van der Waals surface area contributed by atoms with E-state index in [0.29, 0.717) is 23.7 Å². The quantitative estimate of drug-likeness (QED) is 0.926. The predicted octanol–water partition coefficient (Wildman–Crippen LogP) is 2.22. The number of hydrogen-bond donors (Lipinski definition) is 1. The lowest BCUT2D eigenvalue weighted by atomic mass is 10.1. The molecule has 0 radical (unpaired) electrons. The Balaban J connectivity index is 1.65. The summed E-state index contributed by atoms with van der Waals surface area (Å²) in [6, 6.07) is 12.6. The maximum absolute atomic E-state index is 12.7. The zero-order chi connectivity index (χ0) is 16.9. The van der Waals surface area contributed by atoms with Crippen LogP contribution in [0.1, 0.15) is 21.6 Å². The molecule has 1 aliphatic heterocycles. The molecule has 1 unspecified atom stereocenters. The van der Waals surface area contributed by atoms with Crippen LogP contribution < -0.4 is 5.32 Å². The molecule has 24 heavy (non-hydrogen) atoms. The van der Waals surface area contributed by atoms with Crippen LogP contribution >= 0.6 is 11.8 Å². The van der Waals surface area contributed by atoms with E-state index < -0.39 is 6.04 Å². The summed E-state index contributed by atoms with van der Waals surface area (Å²) in [7, 11) is 0. The van der Waals surface area contributed by atoms with E-state index >= 15 is 0 Å². The number of thioether (sulfide) groups is 1. The second kappa shape index (κ2) is 7.49. The Labute approximate surface area is 145 Å². The molecule has 2 amide bonds. The summed E-state index contributed by atoms with van der Waals surface area (Å²) < 4.78 is 0. The van der Waals surface area contributed by atoms with Crippen LogP contribution in [0.15, 0.2) is 48.7 Å². The molecule has 5 nitrogen and oxygen atoms in total. The number of amides is 2. The molecule has 1 N–H and O–H groups in total. The smallest absolute Gasteiger partial charge is 0.255 e. The molecule has 1 aliphatic rings. The van der Waals surface area contributed by atoms with E-state index in [4.69, 9.17) is 0 Å². The predicted molar refractivity (Wildman–Crippen MR) is 94.5 cm³/mol. The van der Waals surface area contributed by atoms with E-state index in [0.717, 1.165) is 11.3 Å². The zero-order valence-electron chi connectivity index (χ0n) is 13.4. The van der Waals surface area contributed by atoms with Gasteiger partial charge >= 0.3 is 0 Å². The van der Waals surface area contributed by atoms with Crippen molar-refractivity contribution in [3.8, 4) is 0 Å². The standard InChI is InChI=1S/C18H19N3O2S/c1-13-5-7-14(8-6-13)18(23)21-12-24-11-16(21)17(22)20-10-15-4-2-3-9-19-15/h2-9,16H,10-12H2,1H3,(H,20,22). The molecule has 0 spiro atoms. The number of nitrogens with one attached hydrogen (secondary N) is 1. The minimum Gasteiger partial charge on any atom is -0.349 e. The van der Waals surface area contributed by atoms with E-state index in [1.165, 1.54) is 0 Å². The summed E-state index contributed by atoms with van der Waals surface area (Å²) in [5.41, 5.74) is 2.52. The van der Waals surface area contributed by atoms with Gasteiger partial charge in [-0.15, -0.1) is 11.8 Å². The summed E-state index contributed by atoms with van der Waals surface area (Å²) >= 11 is 1.60. The lowest BCUT2D eigenvalue weighted by Gasteiger charge is -2.23. The van der Waals surface area contributed by atoms with Gasteiger partial charge in [-0.25, -0.2) is 0 Å². The van der Waals surface area contributed by atoms with Crippen molar-refractivity contribution in [3.63, 3.8) is 0 Å². The lowest BCUT2D eigenvalue weighted by Crippen LogP contribution is -2.47. The highest BCUT2D eigenvalue weighted by molar-refractivity contribution is 7.99. The second-order valence-electron chi connectivity index (χ2n) is 5.70. The van der Waals surface area contributed by atoms with Crippen molar-refractivity contribution in [3.05, 3.63) is 65.5 Å². The van der Waals surface area contributed by atoms with Crippen molar-refractivity contribution in [2.75, 3.05) is 11.6 Å². The van der Waals surface area contributed by atoms with Gasteiger partial charge in [-0.05, 0) is 31.2 Å². The minimum atomic E-state index is -0.437. The maximum atomic E-state index is 12.7. The molecule has 124 valence electrons. The van der Waals surface area contributed by atoms with E-state index in [-0.39, 0.29) is 11.8 Å². The molecule has 1 aromatic heterocycles. The normalized spacial score (nSPS) is 16.9. The largest absolute Gasteiger partial charge is 0.349 e. The van der Waals surface area contributed by atoms with E-state index in [9.17, 15) is 9.59 Å². The van der Waals surface area contributed by atoms with E-state index in [1.807, 2.05) is 49.4 Å². The highest BCUT2D eigenvalue weighted by atomic mass is 32.2. The van der Waals surface area contributed by atoms with Gasteiger partial charge in [-0.1, -0.05) is 23.8 Å². The molecule has 0 aliphatic carbocycles. The van der Waals surface area contributed by atoms with Gasteiger partial charge in [0.2, 0.25) is 5.91 Å². The third-order valence-corrected chi connectivity index (χ3v) is 4.93. The number of aryl methyl sites for hydroxylation is 1. The second-order valence-corrected chi connectivity index (χ2v) is 6.70. The van der Waals surface area contributed by atoms with Gasteiger partial charge in [0, 0.05) is 17.5 Å². The summed E-state index contributed by atoms with van der Waals surface area (Å²) in [6.07, 6.45) is 1.69. The number of hydrogen-bond acceptors (Lipinski definition) is 4. The number of carbonyl (C=O) groups is 2. The number of nitrogens with zero attached hydrogens (tertiary/aromatic N) is 2. The van der Waals surface area contributed by atoms with Crippen molar-refractivity contribution >= 4 is 23.6 Å². The summed E-state index contributed by atoms with van der Waals surface area (Å²) in [4.78, 5) is 31.0. The van der Waals surface area contributed by atoms with Crippen molar-refractivity contribution in [1.29, 1.82) is 0 Å². The average Bonchev–Trinajstić information content (AvgIpc) is 3.10. The van der Waals surface area contributed by atoms with Gasteiger partial charge < -0.3 is 10.2 Å². The molecular formula is C18H19N3O2S. The third-order valence-electron chi connectivity index (χ3n) is 3.91. The summed E-state index contributed by atoms with van der Waals surface area (Å²) in [6.45, 7) is 2.35. The third kappa shape index (κ3) is 3.76. The van der Waals surface area contributed by atoms with Crippen LogP contribution in [0, 0.1) is 6.92 Å². The van der Waals surface area contributed by atoms with Crippen LogP contribution in [-0.4, -0.2) is 39.4 Å². The first-order chi connectivity index (χ1) is 11.6. The van der Waals surface area contributed by atoms with Gasteiger partial charge in [-0.2, -0.15) is 0 Å². The first kappa shape index (κ1) is 16.5. The summed E-state index contributed by atoms with van der Waals surface area (Å²) in [5.74, 6) is 0.920. The Morgan fingerprint density at radius 1 is 1.25 bits per heavy atom. The van der Waals surface area contributed by atoms with Crippen LogP contribution in [0.5, 0.6) is 0 Å². The Morgan fingerprint density at radius 2 is 2.04 bits per heavy atom. The molecule has 1 aromatic carbocycles. The molecule has 1 atom stereocenters. The molecule has 2 aromatic rings. The van der Waals surface area contributed by atoms with Crippen LogP contribution in [0.2, 0.25) is 0 Å². The topological polar surface area (TPSA) is 62.3 Å². The van der Waals surface area contributed by atoms with Crippen LogP contribution in [0.4, 0.5) is 0 Å². The van der Waals surface area contributed by atoms with Gasteiger partial charge in [0.15, 0.2) is 0 Å². The molecule has 2 heterocycles. The number of rotatable bonds is 4. The minimum absolute atomic E-state index is 0.0991. The number of benzene rings is 1. The van der Waals surface area contributed by atoms with Gasteiger partial charge in [0.05, 0.1) is 18.1 Å². The van der Waals surface area contributed by atoms with Crippen LogP contribution in [-0.2, 0) is 11.3 Å². The summed E-state index contributed by atoms with van der Waals surface area (Å²) in [5, 5.41) is 2.88.